The molecule has 0 fully saturated rings. The van der Waals surface area contributed by atoms with E-state index in [4.69, 9.17) is 0 Å². The van der Waals surface area contributed by atoms with Crippen LogP contribution in [-0.2, 0) is 6.54 Å². The Morgan fingerprint density at radius 3 is 2.55 bits per heavy atom. The largest absolute Gasteiger partial charge is 0.308 e. The fourth-order valence-corrected chi connectivity index (χ4v) is 3.03. The van der Waals surface area contributed by atoms with Crippen LogP contribution in [0.4, 0.5) is 4.39 Å². The smallest absolute Gasteiger partial charge is 0.123 e. The number of thiazole rings is 1. The molecule has 0 bridgehead atoms. The summed E-state index contributed by atoms with van der Waals surface area (Å²) in [4.78, 5) is 4.61. The zero-order chi connectivity index (χ0) is 14.5. The highest BCUT2D eigenvalue weighted by Gasteiger charge is 2.11. The first-order chi connectivity index (χ1) is 9.60. The average Bonchev–Trinajstić information content (AvgIpc) is 2.89. The zero-order valence-corrected chi connectivity index (χ0v) is 13.0. The molecule has 1 aromatic heterocycles. The van der Waals surface area contributed by atoms with Crippen LogP contribution in [0.1, 0.15) is 32.9 Å². The van der Waals surface area contributed by atoms with Gasteiger partial charge in [-0.1, -0.05) is 20.8 Å². The molecule has 0 saturated carbocycles. The number of nitrogens with one attached hydrogen (secondary N) is 1. The molecular formula is C16H21FN2S. The van der Waals surface area contributed by atoms with Crippen LogP contribution in [-0.4, -0.2) is 11.0 Å². The Morgan fingerprint density at radius 1 is 1.25 bits per heavy atom. The third kappa shape index (κ3) is 3.87. The predicted molar refractivity (Wildman–Crippen MR) is 83.3 cm³/mol. The Bertz CT molecular complexity index is 534. The van der Waals surface area contributed by atoms with Crippen molar-refractivity contribution in [2.24, 2.45) is 5.92 Å². The predicted octanol–water partition coefficient (Wildman–Crippen LogP) is 4.47. The third-order valence-corrected chi connectivity index (χ3v) is 4.37. The summed E-state index contributed by atoms with van der Waals surface area (Å²) < 4.78 is 12.9. The molecule has 2 aromatic rings. The number of aromatic nitrogens is 1. The van der Waals surface area contributed by atoms with Gasteiger partial charge in [0.05, 0.1) is 5.69 Å². The summed E-state index contributed by atoms with van der Waals surface area (Å²) in [6.45, 7) is 7.44. The molecule has 0 radical (unpaired) electrons. The van der Waals surface area contributed by atoms with Crippen LogP contribution in [0.25, 0.3) is 10.6 Å². The van der Waals surface area contributed by atoms with Gasteiger partial charge >= 0.3 is 0 Å². The van der Waals surface area contributed by atoms with E-state index in [1.165, 1.54) is 12.1 Å². The molecule has 0 aliphatic heterocycles. The van der Waals surface area contributed by atoms with Crippen LogP contribution in [0.2, 0.25) is 0 Å². The lowest BCUT2D eigenvalue weighted by atomic mass is 10.0. The van der Waals surface area contributed by atoms with E-state index in [1.54, 1.807) is 23.5 Å². The first-order valence-electron chi connectivity index (χ1n) is 7.04. The fourth-order valence-electron chi connectivity index (χ4n) is 2.20. The molecule has 0 aliphatic rings. The van der Waals surface area contributed by atoms with Crippen molar-refractivity contribution in [3.8, 4) is 10.6 Å². The van der Waals surface area contributed by atoms with Crippen molar-refractivity contribution in [3.05, 3.63) is 41.2 Å². The second kappa shape index (κ2) is 6.95. The minimum absolute atomic E-state index is 0.213. The van der Waals surface area contributed by atoms with Crippen molar-refractivity contribution in [1.82, 2.24) is 10.3 Å². The van der Waals surface area contributed by atoms with Crippen LogP contribution in [0.5, 0.6) is 0 Å². The van der Waals surface area contributed by atoms with E-state index in [1.807, 2.05) is 0 Å². The minimum atomic E-state index is -0.213. The van der Waals surface area contributed by atoms with E-state index in [0.29, 0.717) is 12.0 Å². The Hall–Kier alpha value is -1.26. The summed E-state index contributed by atoms with van der Waals surface area (Å²) in [6, 6.07) is 7.01. The van der Waals surface area contributed by atoms with Crippen LogP contribution < -0.4 is 5.32 Å². The normalized spacial score (nSPS) is 12.8. The van der Waals surface area contributed by atoms with E-state index >= 15 is 0 Å². The summed E-state index contributed by atoms with van der Waals surface area (Å²) in [5.74, 6) is 0.408. The first-order valence-corrected chi connectivity index (χ1v) is 7.91. The van der Waals surface area contributed by atoms with Crippen molar-refractivity contribution in [2.45, 2.75) is 39.8 Å². The van der Waals surface area contributed by atoms with Crippen molar-refractivity contribution >= 4 is 11.3 Å². The number of nitrogens with zero attached hydrogens (tertiary/aromatic N) is 1. The van der Waals surface area contributed by atoms with E-state index in [2.05, 4.69) is 36.5 Å². The van der Waals surface area contributed by atoms with Gasteiger partial charge in [0.2, 0.25) is 0 Å². The standard InChI is InChI=1S/C16H21FN2S/c1-4-15(11(2)3)18-9-14-10-20-16(19-14)12-5-7-13(17)8-6-12/h5-8,10-11,15,18H,4,9H2,1-3H3. The number of rotatable bonds is 6. The molecule has 1 N–H and O–H groups in total. The van der Waals surface area contributed by atoms with E-state index in [0.717, 1.165) is 29.2 Å². The molecule has 1 atom stereocenters. The van der Waals surface area contributed by atoms with Gasteiger partial charge in [0.15, 0.2) is 0 Å². The van der Waals surface area contributed by atoms with E-state index < -0.39 is 0 Å². The highest BCUT2D eigenvalue weighted by Crippen LogP contribution is 2.24. The lowest BCUT2D eigenvalue weighted by Gasteiger charge is -2.19. The minimum Gasteiger partial charge on any atom is -0.308 e. The number of halogens is 1. The first kappa shape index (κ1) is 15.1. The van der Waals surface area contributed by atoms with Gasteiger partial charge in [-0.25, -0.2) is 9.37 Å². The molecular weight excluding hydrogens is 271 g/mol. The number of hydrogen-bond acceptors (Lipinski definition) is 3. The Morgan fingerprint density at radius 2 is 1.95 bits per heavy atom. The van der Waals surface area contributed by atoms with Gasteiger partial charge in [-0.15, -0.1) is 11.3 Å². The summed E-state index contributed by atoms with van der Waals surface area (Å²) >= 11 is 1.60. The lowest BCUT2D eigenvalue weighted by Crippen LogP contribution is -2.32. The zero-order valence-electron chi connectivity index (χ0n) is 12.2. The molecule has 0 spiro atoms. The maximum absolute atomic E-state index is 12.9. The monoisotopic (exact) mass is 292 g/mol. The van der Waals surface area contributed by atoms with E-state index in [-0.39, 0.29) is 5.82 Å². The molecule has 0 amide bonds. The highest BCUT2D eigenvalue weighted by atomic mass is 32.1. The van der Waals surface area contributed by atoms with Gasteiger partial charge in [0, 0.05) is 23.5 Å². The average molecular weight is 292 g/mol. The van der Waals surface area contributed by atoms with Gasteiger partial charge in [0.1, 0.15) is 10.8 Å². The molecule has 1 unspecified atom stereocenters. The van der Waals surface area contributed by atoms with Gasteiger partial charge in [-0.05, 0) is 36.6 Å². The van der Waals surface area contributed by atoms with Crippen molar-refractivity contribution in [3.63, 3.8) is 0 Å². The van der Waals surface area contributed by atoms with E-state index in [9.17, 15) is 4.39 Å². The van der Waals surface area contributed by atoms with Crippen LogP contribution in [0.15, 0.2) is 29.6 Å². The van der Waals surface area contributed by atoms with Crippen molar-refractivity contribution < 1.29 is 4.39 Å². The summed E-state index contributed by atoms with van der Waals surface area (Å²) in [6.07, 6.45) is 1.12. The quantitative estimate of drug-likeness (QED) is 0.849. The maximum Gasteiger partial charge on any atom is 0.123 e. The molecule has 0 saturated heterocycles. The van der Waals surface area contributed by atoms with Crippen LogP contribution in [0, 0.1) is 11.7 Å². The van der Waals surface area contributed by atoms with Gasteiger partial charge in [-0.3, -0.25) is 0 Å². The molecule has 1 aromatic carbocycles. The highest BCUT2D eigenvalue weighted by molar-refractivity contribution is 7.13. The summed E-state index contributed by atoms with van der Waals surface area (Å²) in [5, 5.41) is 6.56. The Kier molecular flexibility index (Phi) is 5.26. The topological polar surface area (TPSA) is 24.9 Å². The van der Waals surface area contributed by atoms with Crippen LogP contribution >= 0.6 is 11.3 Å². The summed E-state index contributed by atoms with van der Waals surface area (Å²) in [7, 11) is 0. The molecule has 4 heteroatoms. The van der Waals surface area contributed by atoms with Gasteiger partial charge in [0.25, 0.3) is 0 Å². The second-order valence-corrected chi connectivity index (χ2v) is 6.15. The molecule has 20 heavy (non-hydrogen) atoms. The molecule has 1 heterocycles. The third-order valence-electron chi connectivity index (χ3n) is 3.43. The van der Waals surface area contributed by atoms with Crippen molar-refractivity contribution in [1.29, 1.82) is 0 Å². The lowest BCUT2D eigenvalue weighted by molar-refractivity contribution is 0.386. The Balaban J connectivity index is 2.00. The van der Waals surface area contributed by atoms with Gasteiger partial charge < -0.3 is 5.32 Å². The van der Waals surface area contributed by atoms with Crippen molar-refractivity contribution in [2.75, 3.05) is 0 Å². The SMILES string of the molecule is CCC(NCc1csc(-c2ccc(F)cc2)n1)C(C)C. The Labute approximate surface area is 124 Å². The number of benzene rings is 1. The van der Waals surface area contributed by atoms with Crippen LogP contribution in [0.3, 0.4) is 0 Å². The maximum atomic E-state index is 12.9. The molecule has 0 aliphatic carbocycles. The molecule has 108 valence electrons. The van der Waals surface area contributed by atoms with Gasteiger partial charge in [-0.2, -0.15) is 0 Å². The number of hydrogen-bond donors (Lipinski definition) is 1. The summed E-state index contributed by atoms with van der Waals surface area (Å²) in [5.41, 5.74) is 2.02. The molecule has 2 nitrogen and oxygen atoms in total. The second-order valence-electron chi connectivity index (χ2n) is 5.29. The molecule has 2 rings (SSSR count). The fraction of sp³-hybridized carbons (Fsp3) is 0.438.